The summed E-state index contributed by atoms with van der Waals surface area (Å²) in [7, 11) is 1.21. The molecular formula is C12H16O4. The standard InChI is InChI=1S/C12H16O4/c1-12(2,10(14)11(15)16-3)8-6-4-5-7-9(8)13/h4-7,10,13-14H,1-3H3. The normalized spacial score (nSPS) is 13.2. The number of rotatable bonds is 3. The predicted octanol–water partition coefficient (Wildman–Crippen LogP) is 1.20. The minimum absolute atomic E-state index is 0.0513. The van der Waals surface area contributed by atoms with E-state index in [2.05, 4.69) is 4.74 Å². The number of para-hydroxylation sites is 1. The third kappa shape index (κ3) is 2.17. The fraction of sp³-hybridized carbons (Fsp3) is 0.417. The van der Waals surface area contributed by atoms with Gasteiger partial charge in [0.2, 0.25) is 0 Å². The molecule has 88 valence electrons. The second kappa shape index (κ2) is 4.53. The second-order valence-corrected chi connectivity index (χ2v) is 4.16. The van der Waals surface area contributed by atoms with E-state index in [1.54, 1.807) is 32.0 Å². The van der Waals surface area contributed by atoms with Gasteiger partial charge >= 0.3 is 5.97 Å². The molecule has 0 radical (unpaired) electrons. The van der Waals surface area contributed by atoms with Crippen molar-refractivity contribution in [1.82, 2.24) is 0 Å². The van der Waals surface area contributed by atoms with E-state index in [1.807, 2.05) is 0 Å². The number of hydrogen-bond acceptors (Lipinski definition) is 4. The van der Waals surface area contributed by atoms with Gasteiger partial charge in [0.25, 0.3) is 0 Å². The van der Waals surface area contributed by atoms with Crippen molar-refractivity contribution in [1.29, 1.82) is 0 Å². The summed E-state index contributed by atoms with van der Waals surface area (Å²) in [4.78, 5) is 11.3. The summed E-state index contributed by atoms with van der Waals surface area (Å²) in [6.45, 7) is 3.34. The molecule has 0 heterocycles. The van der Waals surface area contributed by atoms with E-state index in [-0.39, 0.29) is 5.75 Å². The summed E-state index contributed by atoms with van der Waals surface area (Å²) >= 11 is 0. The molecule has 0 fully saturated rings. The van der Waals surface area contributed by atoms with Crippen molar-refractivity contribution >= 4 is 5.97 Å². The van der Waals surface area contributed by atoms with Crippen LogP contribution in [0.15, 0.2) is 24.3 Å². The van der Waals surface area contributed by atoms with E-state index in [4.69, 9.17) is 0 Å². The van der Waals surface area contributed by atoms with E-state index in [9.17, 15) is 15.0 Å². The highest BCUT2D eigenvalue weighted by molar-refractivity contribution is 5.76. The Labute approximate surface area is 94.5 Å². The van der Waals surface area contributed by atoms with E-state index in [0.29, 0.717) is 5.56 Å². The zero-order valence-electron chi connectivity index (χ0n) is 9.60. The van der Waals surface area contributed by atoms with Crippen LogP contribution in [0, 0.1) is 0 Å². The molecule has 1 unspecified atom stereocenters. The smallest absolute Gasteiger partial charge is 0.335 e. The number of ether oxygens (including phenoxy) is 1. The Morgan fingerprint density at radius 2 is 1.94 bits per heavy atom. The highest BCUT2D eigenvalue weighted by Gasteiger charge is 2.37. The fourth-order valence-corrected chi connectivity index (χ4v) is 1.57. The van der Waals surface area contributed by atoms with Crippen LogP contribution in [0.4, 0.5) is 0 Å². The number of esters is 1. The molecule has 16 heavy (non-hydrogen) atoms. The second-order valence-electron chi connectivity index (χ2n) is 4.16. The minimum atomic E-state index is -1.31. The highest BCUT2D eigenvalue weighted by atomic mass is 16.5. The van der Waals surface area contributed by atoms with E-state index in [0.717, 1.165) is 0 Å². The maximum absolute atomic E-state index is 11.3. The molecule has 0 aromatic heterocycles. The Bertz CT molecular complexity index is 384. The molecule has 0 aliphatic rings. The number of hydrogen-bond donors (Lipinski definition) is 2. The van der Waals surface area contributed by atoms with Gasteiger partial charge in [-0.15, -0.1) is 0 Å². The van der Waals surface area contributed by atoms with Crippen LogP contribution < -0.4 is 0 Å². The van der Waals surface area contributed by atoms with E-state index >= 15 is 0 Å². The Morgan fingerprint density at radius 1 is 1.38 bits per heavy atom. The summed E-state index contributed by atoms with van der Waals surface area (Å²) in [6, 6.07) is 6.60. The number of aliphatic hydroxyl groups excluding tert-OH is 1. The Kier molecular flexibility index (Phi) is 3.55. The molecule has 2 N–H and O–H groups in total. The molecule has 4 nitrogen and oxygen atoms in total. The number of phenols is 1. The van der Waals surface area contributed by atoms with Gasteiger partial charge in [0.15, 0.2) is 6.10 Å². The van der Waals surface area contributed by atoms with Gasteiger partial charge in [0, 0.05) is 11.0 Å². The van der Waals surface area contributed by atoms with Crippen molar-refractivity contribution < 1.29 is 19.7 Å². The first-order chi connectivity index (χ1) is 7.41. The van der Waals surface area contributed by atoms with Crippen molar-refractivity contribution in [2.75, 3.05) is 7.11 Å². The van der Waals surface area contributed by atoms with Crippen LogP contribution in [0.2, 0.25) is 0 Å². The van der Waals surface area contributed by atoms with Crippen LogP contribution in [0.1, 0.15) is 19.4 Å². The van der Waals surface area contributed by atoms with Crippen LogP contribution in [0.5, 0.6) is 5.75 Å². The van der Waals surface area contributed by atoms with Crippen molar-refractivity contribution in [3.8, 4) is 5.75 Å². The zero-order chi connectivity index (χ0) is 12.3. The summed E-state index contributed by atoms with van der Waals surface area (Å²) in [6.07, 6.45) is -1.31. The van der Waals surface area contributed by atoms with Crippen LogP contribution in [-0.4, -0.2) is 29.4 Å². The predicted molar refractivity (Wildman–Crippen MR) is 59.2 cm³/mol. The van der Waals surface area contributed by atoms with Crippen LogP contribution in [-0.2, 0) is 14.9 Å². The first-order valence-electron chi connectivity index (χ1n) is 4.95. The number of phenolic OH excluding ortho intramolecular Hbond substituents is 1. The molecule has 0 saturated carbocycles. The van der Waals surface area contributed by atoms with Gasteiger partial charge < -0.3 is 14.9 Å². The van der Waals surface area contributed by atoms with Gasteiger partial charge in [-0.1, -0.05) is 32.0 Å². The van der Waals surface area contributed by atoms with Crippen molar-refractivity contribution in [2.45, 2.75) is 25.4 Å². The molecule has 1 aromatic rings. The quantitative estimate of drug-likeness (QED) is 0.757. The first kappa shape index (κ1) is 12.5. The van der Waals surface area contributed by atoms with Crippen LogP contribution >= 0.6 is 0 Å². The van der Waals surface area contributed by atoms with E-state index < -0.39 is 17.5 Å². The third-order valence-corrected chi connectivity index (χ3v) is 2.71. The molecule has 0 spiro atoms. The molecule has 0 aliphatic carbocycles. The summed E-state index contributed by atoms with van der Waals surface area (Å²) < 4.78 is 4.49. The molecule has 0 aliphatic heterocycles. The number of benzene rings is 1. The molecule has 0 bridgehead atoms. The molecule has 0 saturated heterocycles. The summed E-state index contributed by atoms with van der Waals surface area (Å²) in [5, 5.41) is 19.5. The van der Waals surface area contributed by atoms with Crippen LogP contribution in [0.3, 0.4) is 0 Å². The largest absolute Gasteiger partial charge is 0.508 e. The summed E-state index contributed by atoms with van der Waals surface area (Å²) in [5.41, 5.74) is -0.397. The maximum Gasteiger partial charge on any atom is 0.335 e. The van der Waals surface area contributed by atoms with Gasteiger partial charge in [-0.2, -0.15) is 0 Å². The SMILES string of the molecule is COC(=O)C(O)C(C)(C)c1ccccc1O. The van der Waals surface area contributed by atoms with Gasteiger partial charge in [-0.3, -0.25) is 0 Å². The van der Waals surface area contributed by atoms with Crippen molar-refractivity contribution in [3.63, 3.8) is 0 Å². The van der Waals surface area contributed by atoms with Crippen molar-refractivity contribution in [3.05, 3.63) is 29.8 Å². The zero-order valence-corrected chi connectivity index (χ0v) is 9.60. The summed E-state index contributed by atoms with van der Waals surface area (Å²) in [5.74, 6) is -0.663. The van der Waals surface area contributed by atoms with Gasteiger partial charge in [-0.05, 0) is 6.07 Å². The van der Waals surface area contributed by atoms with Gasteiger partial charge in [-0.25, -0.2) is 4.79 Å². The lowest BCUT2D eigenvalue weighted by molar-refractivity contribution is -0.153. The Morgan fingerprint density at radius 3 is 2.44 bits per heavy atom. The lowest BCUT2D eigenvalue weighted by Gasteiger charge is -2.29. The molecule has 4 heteroatoms. The average molecular weight is 224 g/mol. The number of aliphatic hydroxyl groups is 1. The topological polar surface area (TPSA) is 66.8 Å². The number of carbonyl (C=O) groups excluding carboxylic acids is 1. The number of aromatic hydroxyl groups is 1. The number of carbonyl (C=O) groups is 1. The van der Waals surface area contributed by atoms with Crippen LogP contribution in [0.25, 0.3) is 0 Å². The van der Waals surface area contributed by atoms with Crippen molar-refractivity contribution in [2.24, 2.45) is 0 Å². The number of methoxy groups -OCH3 is 1. The maximum atomic E-state index is 11.3. The minimum Gasteiger partial charge on any atom is -0.508 e. The molecule has 1 atom stereocenters. The lowest BCUT2D eigenvalue weighted by Crippen LogP contribution is -2.40. The Balaban J connectivity index is 3.11. The third-order valence-electron chi connectivity index (χ3n) is 2.71. The molecule has 1 aromatic carbocycles. The van der Waals surface area contributed by atoms with Gasteiger partial charge in [0.1, 0.15) is 5.75 Å². The Hall–Kier alpha value is -1.55. The first-order valence-corrected chi connectivity index (χ1v) is 4.95. The molecular weight excluding hydrogens is 208 g/mol. The molecule has 0 amide bonds. The molecule has 1 rings (SSSR count). The van der Waals surface area contributed by atoms with E-state index in [1.165, 1.54) is 13.2 Å². The highest BCUT2D eigenvalue weighted by Crippen LogP contribution is 2.33. The van der Waals surface area contributed by atoms with Gasteiger partial charge in [0.05, 0.1) is 7.11 Å². The average Bonchev–Trinajstić information content (AvgIpc) is 2.27. The fourth-order valence-electron chi connectivity index (χ4n) is 1.57. The lowest BCUT2D eigenvalue weighted by atomic mass is 9.79. The monoisotopic (exact) mass is 224 g/mol.